The maximum absolute atomic E-state index is 15.8. The van der Waals surface area contributed by atoms with E-state index in [-0.39, 0.29) is 17.3 Å². The summed E-state index contributed by atoms with van der Waals surface area (Å²) < 4.78 is 22.0. The largest absolute Gasteiger partial charge is 0.477 e. The average Bonchev–Trinajstić information content (AvgIpc) is 3.03. The lowest BCUT2D eigenvalue weighted by Crippen LogP contribution is -2.59. The number of fused-ring (bicyclic) bond motifs is 5. The predicted octanol–water partition coefficient (Wildman–Crippen LogP) is 3.85. The second-order valence-corrected chi connectivity index (χ2v) is 11.1. The number of hydrogen-bond acceptors (Lipinski definition) is 6. The van der Waals surface area contributed by atoms with Crippen LogP contribution in [0.15, 0.2) is 0 Å². The van der Waals surface area contributed by atoms with Crippen molar-refractivity contribution in [1.82, 2.24) is 20.3 Å². The average molecular weight is 414 g/mol. The van der Waals surface area contributed by atoms with E-state index < -0.39 is 5.41 Å². The van der Waals surface area contributed by atoms with E-state index in [9.17, 15) is 0 Å². The van der Waals surface area contributed by atoms with E-state index in [0.29, 0.717) is 47.0 Å². The molecule has 5 rings (SSSR count). The molecule has 0 aliphatic carbocycles. The minimum absolute atomic E-state index is 0.285. The lowest BCUT2D eigenvalue weighted by Gasteiger charge is -2.43. The lowest BCUT2D eigenvalue weighted by molar-refractivity contribution is 0.254. The van der Waals surface area contributed by atoms with Crippen LogP contribution in [0.3, 0.4) is 0 Å². The fourth-order valence-corrected chi connectivity index (χ4v) is 5.03. The fourth-order valence-electron chi connectivity index (χ4n) is 5.03. The zero-order valence-electron chi connectivity index (χ0n) is 18.8. The first-order valence-electron chi connectivity index (χ1n) is 11.1. The molecule has 6 nitrogen and oxygen atoms in total. The second kappa shape index (κ2) is 6.49. The summed E-state index contributed by atoms with van der Waals surface area (Å²) in [5.74, 6) is 1.56. The van der Waals surface area contributed by atoms with Gasteiger partial charge in [0.15, 0.2) is 5.82 Å². The highest BCUT2D eigenvalue weighted by Gasteiger charge is 2.43. The summed E-state index contributed by atoms with van der Waals surface area (Å²) in [5, 5.41) is 4.37. The molecule has 7 heteroatoms. The van der Waals surface area contributed by atoms with Gasteiger partial charge in [-0.25, -0.2) is 19.3 Å². The molecule has 3 aliphatic heterocycles. The highest BCUT2D eigenvalue weighted by Crippen LogP contribution is 2.42. The molecule has 3 atom stereocenters. The van der Waals surface area contributed by atoms with Crippen LogP contribution in [-0.2, 0) is 10.8 Å². The smallest absolute Gasteiger partial charge is 0.227 e. The van der Waals surface area contributed by atoms with Crippen molar-refractivity contribution in [2.75, 3.05) is 18.1 Å². The van der Waals surface area contributed by atoms with E-state index in [0.717, 1.165) is 25.2 Å². The molecule has 30 heavy (non-hydrogen) atoms. The third-order valence-electron chi connectivity index (χ3n) is 6.60. The van der Waals surface area contributed by atoms with Crippen molar-refractivity contribution in [3.63, 3.8) is 0 Å². The Morgan fingerprint density at radius 2 is 1.77 bits per heavy atom. The summed E-state index contributed by atoms with van der Waals surface area (Å²) in [7, 11) is 0. The molecule has 3 aliphatic rings. The van der Waals surface area contributed by atoms with Crippen LogP contribution >= 0.6 is 0 Å². The molecular formula is C23H32FN5O. The standard InChI is InChI=1S/C23H32FN5O/c1-22(2,3)18-16(24)17-15-19(28-21(26-17)23(4,5)6)29-11-12-7-8-13(25-12)14(29)9-10-30-20(15)27-18/h12-14,25H,7-11H2,1-6H3/t12-,13+,14-/m1/s1. The third-order valence-corrected chi connectivity index (χ3v) is 6.60. The van der Waals surface area contributed by atoms with Crippen LogP contribution in [0.5, 0.6) is 5.88 Å². The van der Waals surface area contributed by atoms with Crippen LogP contribution in [0, 0.1) is 5.82 Å². The highest BCUT2D eigenvalue weighted by molar-refractivity contribution is 5.95. The van der Waals surface area contributed by atoms with E-state index in [1.165, 1.54) is 6.42 Å². The van der Waals surface area contributed by atoms with Gasteiger partial charge in [-0.3, -0.25) is 0 Å². The minimum Gasteiger partial charge on any atom is -0.477 e. The monoisotopic (exact) mass is 413 g/mol. The summed E-state index contributed by atoms with van der Waals surface area (Å²) in [6.45, 7) is 13.6. The summed E-state index contributed by atoms with van der Waals surface area (Å²) in [6.07, 6.45) is 3.22. The van der Waals surface area contributed by atoms with Crippen LogP contribution < -0.4 is 15.0 Å². The van der Waals surface area contributed by atoms with Crippen LogP contribution in [-0.4, -0.2) is 46.2 Å². The van der Waals surface area contributed by atoms with Gasteiger partial charge in [0.05, 0.1) is 12.3 Å². The second-order valence-electron chi connectivity index (χ2n) is 11.1. The summed E-state index contributed by atoms with van der Waals surface area (Å²) in [4.78, 5) is 16.8. The molecule has 0 spiro atoms. The first-order chi connectivity index (χ1) is 14.0. The number of hydrogen-bond donors (Lipinski definition) is 1. The van der Waals surface area contributed by atoms with E-state index in [1.54, 1.807) is 0 Å². The number of nitrogens with zero attached hydrogens (tertiary/aromatic N) is 4. The topological polar surface area (TPSA) is 63.2 Å². The lowest BCUT2D eigenvalue weighted by atomic mass is 9.90. The van der Waals surface area contributed by atoms with Gasteiger partial charge in [-0.2, -0.15) is 0 Å². The van der Waals surface area contributed by atoms with Gasteiger partial charge in [0.2, 0.25) is 5.88 Å². The van der Waals surface area contributed by atoms with E-state index in [4.69, 9.17) is 14.7 Å². The zero-order valence-corrected chi connectivity index (χ0v) is 18.8. The Balaban J connectivity index is 1.83. The number of aromatic nitrogens is 3. The Morgan fingerprint density at radius 3 is 2.47 bits per heavy atom. The molecule has 0 aromatic carbocycles. The maximum atomic E-state index is 15.8. The number of halogens is 1. The van der Waals surface area contributed by atoms with Crippen molar-refractivity contribution in [2.24, 2.45) is 0 Å². The van der Waals surface area contributed by atoms with Crippen LogP contribution in [0.2, 0.25) is 0 Å². The van der Waals surface area contributed by atoms with Gasteiger partial charge < -0.3 is 15.0 Å². The summed E-state index contributed by atoms with van der Waals surface area (Å²) in [5.41, 5.74) is -0.0170. The molecule has 2 saturated heterocycles. The molecule has 2 aromatic heterocycles. The molecule has 1 N–H and O–H groups in total. The SMILES string of the molecule is CC(C)(C)c1nc2c3c(nc(C(C)(C)C)c(F)c3n1)OCC[C@@H]1[C@@H]3CC[C@H](CN21)N3. The van der Waals surface area contributed by atoms with Crippen molar-refractivity contribution >= 4 is 16.7 Å². The minimum atomic E-state index is -0.454. The quantitative estimate of drug-likeness (QED) is 0.708. The predicted molar refractivity (Wildman–Crippen MR) is 116 cm³/mol. The molecule has 0 radical (unpaired) electrons. The van der Waals surface area contributed by atoms with Crippen molar-refractivity contribution < 1.29 is 9.13 Å². The Bertz CT molecular complexity index is 1010. The van der Waals surface area contributed by atoms with E-state index in [1.807, 2.05) is 20.8 Å². The van der Waals surface area contributed by atoms with Gasteiger partial charge in [0.25, 0.3) is 0 Å². The Labute approximate surface area is 177 Å². The Morgan fingerprint density at radius 1 is 1.00 bits per heavy atom. The number of anilines is 1. The molecule has 0 unspecified atom stereocenters. The van der Waals surface area contributed by atoms with Gasteiger partial charge in [-0.05, 0) is 12.8 Å². The van der Waals surface area contributed by atoms with Gasteiger partial charge in [-0.1, -0.05) is 41.5 Å². The number of ether oxygens (including phenoxy) is 1. The highest BCUT2D eigenvalue weighted by atomic mass is 19.1. The number of rotatable bonds is 0. The first kappa shape index (κ1) is 19.9. The van der Waals surface area contributed by atoms with Gasteiger partial charge in [0, 0.05) is 41.9 Å². The molecule has 0 amide bonds. The number of pyridine rings is 1. The molecule has 162 valence electrons. The normalized spacial score (nSPS) is 26.2. The molecule has 2 bridgehead atoms. The number of piperazine rings is 1. The Kier molecular flexibility index (Phi) is 4.31. The summed E-state index contributed by atoms with van der Waals surface area (Å²) >= 11 is 0. The van der Waals surface area contributed by atoms with E-state index >= 15 is 4.39 Å². The molecule has 5 heterocycles. The maximum Gasteiger partial charge on any atom is 0.227 e. The van der Waals surface area contributed by atoms with E-state index in [2.05, 4.69) is 36.0 Å². The third kappa shape index (κ3) is 3.04. The van der Waals surface area contributed by atoms with Crippen LogP contribution in [0.25, 0.3) is 10.9 Å². The van der Waals surface area contributed by atoms with Gasteiger partial charge in [0.1, 0.15) is 22.5 Å². The molecule has 0 saturated carbocycles. The fraction of sp³-hybridized carbons (Fsp3) is 0.696. The van der Waals surface area contributed by atoms with Gasteiger partial charge in [-0.15, -0.1) is 0 Å². The number of nitrogens with one attached hydrogen (secondary N) is 1. The van der Waals surface area contributed by atoms with Crippen LogP contribution in [0.4, 0.5) is 10.2 Å². The molecular weight excluding hydrogens is 381 g/mol. The molecule has 2 aromatic rings. The molecule has 2 fully saturated rings. The summed E-state index contributed by atoms with van der Waals surface area (Å²) in [6, 6.07) is 1.15. The van der Waals surface area contributed by atoms with Crippen molar-refractivity contribution in [3.8, 4) is 5.88 Å². The van der Waals surface area contributed by atoms with Crippen molar-refractivity contribution in [1.29, 1.82) is 0 Å². The Hall–Kier alpha value is -2.02. The van der Waals surface area contributed by atoms with Gasteiger partial charge >= 0.3 is 0 Å². The zero-order chi connectivity index (χ0) is 21.4. The first-order valence-corrected chi connectivity index (χ1v) is 11.1. The van der Waals surface area contributed by atoms with Crippen LogP contribution in [0.1, 0.15) is 72.3 Å². The van der Waals surface area contributed by atoms with Crippen molar-refractivity contribution in [3.05, 3.63) is 17.3 Å². The van der Waals surface area contributed by atoms with Crippen molar-refractivity contribution in [2.45, 2.75) is 89.8 Å².